The van der Waals surface area contributed by atoms with Crippen molar-refractivity contribution in [3.63, 3.8) is 0 Å². The normalized spacial score (nSPS) is 27.3. The highest BCUT2D eigenvalue weighted by Gasteiger charge is 2.58. The zero-order valence-electron chi connectivity index (χ0n) is 27.4. The van der Waals surface area contributed by atoms with Gasteiger partial charge in [-0.15, -0.1) is 0 Å². The van der Waals surface area contributed by atoms with Crippen LogP contribution in [0.15, 0.2) is 36.7 Å². The number of rotatable bonds is 5. The Hall–Kier alpha value is -4.03. The minimum Gasteiger partial charge on any atom is -0.338 e. The highest BCUT2D eigenvalue weighted by molar-refractivity contribution is 6.05. The standard InChI is InChI=1S/C35H45N9O3/c1-22-14-23(15-24-19-37-40-30(22)24)16-29(32(45)43-12-10-42(11-13-43)27-5-8-41(2)9-6-27)38-34(47)44-20-25-17-35(18-26(25)21-44)28-4-3-7-36-31(28)39-33(35)46/h3-4,7,14-15,19,25-27,29H,5-6,8-13,16-18,20-21H2,1-2H3,(H,37,40)(H,38,47)(H,36,39,46)/t25-,26+,29-,35?/m1/s1. The van der Waals surface area contributed by atoms with Gasteiger partial charge < -0.3 is 25.3 Å². The Labute approximate surface area is 275 Å². The van der Waals surface area contributed by atoms with E-state index in [1.807, 2.05) is 28.9 Å². The molecule has 47 heavy (non-hydrogen) atoms. The molecule has 5 aliphatic rings. The number of nitrogens with zero attached hydrogens (tertiary/aromatic N) is 6. The Morgan fingerprint density at radius 2 is 1.79 bits per heavy atom. The summed E-state index contributed by atoms with van der Waals surface area (Å²) in [4.78, 5) is 54.4. The molecule has 3 aromatic rings. The minimum absolute atomic E-state index is 0.0172. The maximum atomic E-state index is 14.2. The number of urea groups is 1. The molecule has 3 N–H and O–H groups in total. The Balaban J connectivity index is 0.958. The summed E-state index contributed by atoms with van der Waals surface area (Å²) in [5.74, 6) is 1.14. The number of aryl methyl sites for hydroxylation is 1. The Morgan fingerprint density at radius 1 is 1.04 bits per heavy atom. The van der Waals surface area contributed by atoms with Crippen LogP contribution >= 0.6 is 0 Å². The number of H-pyrrole nitrogens is 1. The summed E-state index contributed by atoms with van der Waals surface area (Å²) in [7, 11) is 2.18. The number of carbonyl (C=O) groups excluding carboxylic acids is 3. The van der Waals surface area contributed by atoms with Crippen molar-refractivity contribution in [3.05, 3.63) is 53.3 Å². The van der Waals surface area contributed by atoms with Gasteiger partial charge >= 0.3 is 6.03 Å². The SMILES string of the molecule is Cc1cc(C[C@@H](NC(=O)N2C[C@@H]3CC4(C[C@@H]3C2)C(=O)Nc2ncccc24)C(=O)N2CCN(C3CCN(C)CC3)CC2)cc2cn[nH]c12. The number of hydrogen-bond acceptors (Lipinski definition) is 7. The summed E-state index contributed by atoms with van der Waals surface area (Å²) in [6, 6.07) is 7.77. The van der Waals surface area contributed by atoms with Crippen molar-refractivity contribution >= 4 is 34.6 Å². The van der Waals surface area contributed by atoms with Crippen molar-refractivity contribution in [1.29, 1.82) is 0 Å². The lowest BCUT2D eigenvalue weighted by molar-refractivity contribution is -0.135. The predicted octanol–water partition coefficient (Wildman–Crippen LogP) is 2.36. The second-order valence-corrected chi connectivity index (χ2v) is 14.6. The summed E-state index contributed by atoms with van der Waals surface area (Å²) in [6.45, 7) is 8.52. The van der Waals surface area contributed by atoms with Crippen LogP contribution in [-0.2, 0) is 21.4 Å². The van der Waals surface area contributed by atoms with E-state index in [0.29, 0.717) is 57.3 Å². The average molecular weight is 640 g/mol. The summed E-state index contributed by atoms with van der Waals surface area (Å²) in [5.41, 5.74) is 3.48. The third-order valence-corrected chi connectivity index (χ3v) is 11.7. The van der Waals surface area contributed by atoms with Crippen LogP contribution in [0.1, 0.15) is 42.4 Å². The largest absolute Gasteiger partial charge is 0.338 e. The third kappa shape index (κ3) is 5.44. The van der Waals surface area contributed by atoms with E-state index in [0.717, 1.165) is 53.8 Å². The molecule has 4 fully saturated rings. The molecule has 12 nitrogen and oxygen atoms in total. The summed E-state index contributed by atoms with van der Waals surface area (Å²) in [5, 5.41) is 14.4. The second kappa shape index (κ2) is 11.9. The van der Waals surface area contributed by atoms with E-state index in [1.54, 1.807) is 12.4 Å². The van der Waals surface area contributed by atoms with E-state index in [9.17, 15) is 14.4 Å². The molecule has 0 bridgehead atoms. The first-order chi connectivity index (χ1) is 22.8. The Kier molecular flexibility index (Phi) is 7.67. The van der Waals surface area contributed by atoms with Gasteiger partial charge in [0.25, 0.3) is 0 Å². The van der Waals surface area contributed by atoms with Crippen LogP contribution < -0.4 is 10.6 Å². The van der Waals surface area contributed by atoms with E-state index in [-0.39, 0.29) is 29.7 Å². The van der Waals surface area contributed by atoms with Gasteiger partial charge in [0.05, 0.1) is 17.1 Å². The molecule has 1 spiro atoms. The summed E-state index contributed by atoms with van der Waals surface area (Å²) in [6.07, 6.45) is 7.69. The van der Waals surface area contributed by atoms with Crippen LogP contribution in [-0.4, -0.2) is 124 Å². The highest BCUT2D eigenvalue weighted by atomic mass is 16.2. The number of amides is 4. The maximum absolute atomic E-state index is 14.2. The molecule has 0 radical (unpaired) electrons. The van der Waals surface area contributed by atoms with Crippen LogP contribution in [0.2, 0.25) is 0 Å². The monoisotopic (exact) mass is 639 g/mol. The van der Waals surface area contributed by atoms with Crippen molar-refractivity contribution in [2.45, 2.75) is 56.5 Å². The molecular formula is C35H45N9O3. The van der Waals surface area contributed by atoms with Gasteiger partial charge in [0, 0.05) is 68.9 Å². The summed E-state index contributed by atoms with van der Waals surface area (Å²) < 4.78 is 0. The third-order valence-electron chi connectivity index (χ3n) is 11.7. The van der Waals surface area contributed by atoms with Crippen molar-refractivity contribution < 1.29 is 14.4 Å². The van der Waals surface area contributed by atoms with Gasteiger partial charge in [-0.1, -0.05) is 12.1 Å². The number of likely N-dealkylation sites (tertiary alicyclic amines) is 2. The number of anilines is 1. The smallest absolute Gasteiger partial charge is 0.318 e. The van der Waals surface area contributed by atoms with E-state index in [1.165, 1.54) is 12.8 Å². The molecule has 8 rings (SSSR count). The quantitative estimate of drug-likeness (QED) is 0.391. The molecule has 3 saturated heterocycles. The molecule has 4 aliphatic heterocycles. The van der Waals surface area contributed by atoms with Crippen LogP contribution in [0.25, 0.3) is 10.9 Å². The van der Waals surface area contributed by atoms with Gasteiger partial charge in [0.1, 0.15) is 11.9 Å². The zero-order valence-corrected chi connectivity index (χ0v) is 27.4. The number of hydrogen-bond donors (Lipinski definition) is 3. The molecule has 1 aromatic carbocycles. The fourth-order valence-corrected chi connectivity index (χ4v) is 9.19. The minimum atomic E-state index is -0.675. The number of nitrogens with one attached hydrogen (secondary N) is 3. The van der Waals surface area contributed by atoms with Crippen LogP contribution in [0.5, 0.6) is 0 Å². The molecule has 1 saturated carbocycles. The van der Waals surface area contributed by atoms with Gasteiger partial charge in [0.2, 0.25) is 11.8 Å². The number of piperazine rings is 1. The molecule has 248 valence electrons. The first kappa shape index (κ1) is 30.3. The van der Waals surface area contributed by atoms with E-state index in [4.69, 9.17) is 0 Å². The average Bonchev–Trinajstić information content (AvgIpc) is 3.84. The number of piperidine rings is 1. The van der Waals surface area contributed by atoms with Gasteiger partial charge in [-0.2, -0.15) is 5.10 Å². The fraction of sp³-hybridized carbons (Fsp3) is 0.571. The van der Waals surface area contributed by atoms with Gasteiger partial charge in [-0.25, -0.2) is 9.78 Å². The number of fused-ring (bicyclic) bond motifs is 4. The number of pyridine rings is 1. The second-order valence-electron chi connectivity index (χ2n) is 14.6. The Bertz CT molecular complexity index is 1680. The van der Waals surface area contributed by atoms with E-state index < -0.39 is 11.5 Å². The molecule has 4 amide bonds. The lowest BCUT2D eigenvalue weighted by Gasteiger charge is -2.42. The summed E-state index contributed by atoms with van der Waals surface area (Å²) >= 11 is 0. The number of carbonyl (C=O) groups is 3. The molecule has 2 aromatic heterocycles. The van der Waals surface area contributed by atoms with Crippen molar-refractivity contribution in [1.82, 2.24) is 40.1 Å². The zero-order chi connectivity index (χ0) is 32.3. The van der Waals surface area contributed by atoms with Gasteiger partial charge in [-0.3, -0.25) is 19.6 Å². The first-order valence-electron chi connectivity index (χ1n) is 17.2. The molecular weight excluding hydrogens is 594 g/mol. The lowest BCUT2D eigenvalue weighted by Crippen LogP contribution is -2.58. The first-order valence-corrected chi connectivity index (χ1v) is 17.2. The van der Waals surface area contributed by atoms with Gasteiger partial charge in [0.15, 0.2) is 0 Å². The molecule has 1 unspecified atom stereocenters. The molecule has 4 atom stereocenters. The van der Waals surface area contributed by atoms with Crippen LogP contribution in [0.4, 0.5) is 10.6 Å². The number of aromatic amines is 1. The van der Waals surface area contributed by atoms with Crippen molar-refractivity contribution in [3.8, 4) is 0 Å². The van der Waals surface area contributed by atoms with Crippen LogP contribution in [0, 0.1) is 18.8 Å². The van der Waals surface area contributed by atoms with Crippen molar-refractivity contribution in [2.24, 2.45) is 11.8 Å². The van der Waals surface area contributed by atoms with Gasteiger partial charge in [-0.05, 0) is 87.8 Å². The predicted molar refractivity (Wildman–Crippen MR) is 178 cm³/mol. The lowest BCUT2D eigenvalue weighted by atomic mass is 9.79. The highest BCUT2D eigenvalue weighted by Crippen LogP contribution is 2.54. The molecule has 1 aliphatic carbocycles. The number of benzene rings is 1. The van der Waals surface area contributed by atoms with E-state index >= 15 is 0 Å². The van der Waals surface area contributed by atoms with Crippen LogP contribution in [0.3, 0.4) is 0 Å². The number of aromatic nitrogens is 3. The topological polar surface area (TPSA) is 130 Å². The van der Waals surface area contributed by atoms with E-state index in [2.05, 4.69) is 54.8 Å². The Morgan fingerprint density at radius 3 is 2.53 bits per heavy atom. The maximum Gasteiger partial charge on any atom is 0.318 e. The molecule has 6 heterocycles. The van der Waals surface area contributed by atoms with Crippen molar-refractivity contribution in [2.75, 3.05) is 64.7 Å². The molecule has 12 heteroatoms. The fourth-order valence-electron chi connectivity index (χ4n) is 9.19.